The number of halogens is 3. The third kappa shape index (κ3) is 4.74. The Bertz CT molecular complexity index is 1080. The Morgan fingerprint density at radius 3 is 2.77 bits per heavy atom. The Balaban J connectivity index is 1.44. The summed E-state index contributed by atoms with van der Waals surface area (Å²) in [5.41, 5.74) is 1.45. The number of anilines is 1. The molecule has 1 aliphatic heterocycles. The van der Waals surface area contributed by atoms with E-state index in [9.17, 15) is 18.0 Å². The van der Waals surface area contributed by atoms with E-state index in [1.807, 2.05) is 18.2 Å². The molecule has 1 N–H and O–H groups in total. The third-order valence-electron chi connectivity index (χ3n) is 5.75. The number of para-hydroxylation sites is 2. The molecule has 0 spiro atoms. The van der Waals surface area contributed by atoms with Crippen molar-refractivity contribution in [2.75, 3.05) is 18.4 Å². The lowest BCUT2D eigenvalue weighted by atomic mass is 9.97. The second-order valence-electron chi connectivity index (χ2n) is 7.90. The highest BCUT2D eigenvalue weighted by molar-refractivity contribution is 5.92. The molecule has 0 radical (unpaired) electrons. The number of fused-ring (bicyclic) bond motifs is 1. The van der Waals surface area contributed by atoms with Gasteiger partial charge in [0.2, 0.25) is 5.91 Å². The molecule has 1 fully saturated rings. The Hall–Kier alpha value is -2.87. The highest BCUT2D eigenvalue weighted by atomic mass is 19.4. The van der Waals surface area contributed by atoms with Crippen molar-refractivity contribution in [1.82, 2.24) is 14.5 Å². The quantitative estimate of drug-likeness (QED) is 0.625. The number of nitrogens with one attached hydrogen (secondary N) is 1. The van der Waals surface area contributed by atoms with E-state index in [4.69, 9.17) is 4.98 Å². The summed E-state index contributed by atoms with van der Waals surface area (Å²) >= 11 is 0. The molecule has 4 rings (SSSR count). The van der Waals surface area contributed by atoms with Crippen LogP contribution in [-0.4, -0.2) is 33.4 Å². The molecule has 31 heavy (non-hydrogen) atoms. The number of aromatic nitrogens is 2. The molecule has 1 aromatic heterocycles. The maximum absolute atomic E-state index is 12.9. The summed E-state index contributed by atoms with van der Waals surface area (Å²) < 4.78 is 41.0. The second kappa shape index (κ2) is 8.70. The van der Waals surface area contributed by atoms with Gasteiger partial charge in [0.25, 0.3) is 0 Å². The van der Waals surface area contributed by atoms with E-state index in [0.717, 1.165) is 48.5 Å². The molecule has 0 saturated carbocycles. The Labute approximate surface area is 178 Å². The van der Waals surface area contributed by atoms with Crippen LogP contribution in [0.3, 0.4) is 0 Å². The molecule has 3 aromatic rings. The van der Waals surface area contributed by atoms with Crippen LogP contribution < -0.4 is 5.32 Å². The summed E-state index contributed by atoms with van der Waals surface area (Å²) in [6.45, 7) is 4.94. The van der Waals surface area contributed by atoms with Crippen molar-refractivity contribution in [3.63, 3.8) is 0 Å². The van der Waals surface area contributed by atoms with E-state index >= 15 is 0 Å². The van der Waals surface area contributed by atoms with Crippen LogP contribution in [0.2, 0.25) is 0 Å². The van der Waals surface area contributed by atoms with Gasteiger partial charge in [-0.05, 0) is 56.6 Å². The van der Waals surface area contributed by atoms with Gasteiger partial charge >= 0.3 is 6.18 Å². The molecule has 5 nitrogen and oxygen atoms in total. The average molecular weight is 430 g/mol. The highest BCUT2D eigenvalue weighted by Gasteiger charge is 2.31. The lowest BCUT2D eigenvalue weighted by Crippen LogP contribution is -2.40. The summed E-state index contributed by atoms with van der Waals surface area (Å²) in [7, 11) is 0. The van der Waals surface area contributed by atoms with Gasteiger partial charge in [-0.3, -0.25) is 9.69 Å². The van der Waals surface area contributed by atoms with Gasteiger partial charge in [-0.15, -0.1) is 0 Å². The number of likely N-dealkylation sites (tertiary alicyclic amines) is 1. The molecular formula is C23H25F3N4O. The zero-order chi connectivity index (χ0) is 22.0. The van der Waals surface area contributed by atoms with Gasteiger partial charge in [-0.1, -0.05) is 18.2 Å². The largest absolute Gasteiger partial charge is 0.416 e. The molecule has 1 amide bonds. The number of carbonyl (C=O) groups excluding carboxylic acids is 1. The minimum absolute atomic E-state index is 0.171. The molecule has 164 valence electrons. The number of nitrogens with zero attached hydrogens (tertiary/aromatic N) is 3. The maximum Gasteiger partial charge on any atom is 0.416 e. The van der Waals surface area contributed by atoms with Crippen molar-refractivity contribution in [3.8, 4) is 0 Å². The number of rotatable bonds is 5. The molecule has 1 atom stereocenters. The summed E-state index contributed by atoms with van der Waals surface area (Å²) in [4.78, 5) is 19.7. The number of piperidine rings is 1. The van der Waals surface area contributed by atoms with Crippen molar-refractivity contribution in [2.24, 2.45) is 5.92 Å². The fourth-order valence-corrected chi connectivity index (χ4v) is 4.23. The fourth-order valence-electron chi connectivity index (χ4n) is 4.23. The Kier molecular flexibility index (Phi) is 6.00. The minimum atomic E-state index is -4.44. The van der Waals surface area contributed by atoms with Gasteiger partial charge in [0.05, 0.1) is 29.1 Å². The van der Waals surface area contributed by atoms with E-state index in [0.29, 0.717) is 19.5 Å². The predicted molar refractivity (Wildman–Crippen MR) is 113 cm³/mol. The van der Waals surface area contributed by atoms with Crippen LogP contribution >= 0.6 is 0 Å². The van der Waals surface area contributed by atoms with Crippen LogP contribution in [0, 0.1) is 5.92 Å². The monoisotopic (exact) mass is 430 g/mol. The van der Waals surface area contributed by atoms with Crippen LogP contribution in [-0.2, 0) is 24.1 Å². The molecule has 1 saturated heterocycles. The fraction of sp³-hybridized carbons (Fsp3) is 0.391. The first-order valence-electron chi connectivity index (χ1n) is 10.5. The van der Waals surface area contributed by atoms with E-state index in [1.165, 1.54) is 12.1 Å². The van der Waals surface area contributed by atoms with Crippen LogP contribution in [0.4, 0.5) is 18.9 Å². The second-order valence-corrected chi connectivity index (χ2v) is 7.90. The van der Waals surface area contributed by atoms with Crippen molar-refractivity contribution in [1.29, 1.82) is 0 Å². The van der Waals surface area contributed by atoms with E-state index in [1.54, 1.807) is 0 Å². The summed E-state index contributed by atoms with van der Waals surface area (Å²) in [6, 6.07) is 12.8. The number of amides is 1. The molecule has 0 bridgehead atoms. The number of alkyl halides is 3. The van der Waals surface area contributed by atoms with Gasteiger partial charge in [-0.25, -0.2) is 4.98 Å². The van der Waals surface area contributed by atoms with Crippen LogP contribution in [0.1, 0.15) is 31.2 Å². The summed E-state index contributed by atoms with van der Waals surface area (Å²) in [5.74, 6) is 0.443. The molecular weight excluding hydrogens is 405 g/mol. The minimum Gasteiger partial charge on any atom is -0.327 e. The highest BCUT2D eigenvalue weighted by Crippen LogP contribution is 2.31. The average Bonchev–Trinajstić information content (AvgIpc) is 3.10. The molecule has 0 aliphatic carbocycles. The van der Waals surface area contributed by atoms with E-state index in [2.05, 4.69) is 27.8 Å². The van der Waals surface area contributed by atoms with Gasteiger partial charge in [0.15, 0.2) is 0 Å². The van der Waals surface area contributed by atoms with Crippen LogP contribution in [0.25, 0.3) is 11.0 Å². The molecule has 2 aromatic carbocycles. The predicted octanol–water partition coefficient (Wildman–Crippen LogP) is 4.93. The first-order chi connectivity index (χ1) is 14.8. The summed E-state index contributed by atoms with van der Waals surface area (Å²) in [5, 5.41) is 2.67. The zero-order valence-electron chi connectivity index (χ0n) is 17.3. The molecule has 8 heteroatoms. The molecule has 0 unspecified atom stereocenters. The number of aryl methyl sites for hydroxylation is 1. The topological polar surface area (TPSA) is 50.2 Å². The van der Waals surface area contributed by atoms with Crippen LogP contribution in [0.15, 0.2) is 48.5 Å². The smallest absolute Gasteiger partial charge is 0.327 e. The number of hydrogen-bond acceptors (Lipinski definition) is 3. The molecule has 2 heterocycles. The normalized spacial score (nSPS) is 17.7. The standard InChI is InChI=1S/C23H25F3N4O/c1-2-30-20-11-4-3-10-19(20)28-21(30)15-29-12-6-7-16(14-29)22(31)27-18-9-5-8-17(13-18)23(24,25)26/h3-5,8-11,13,16H,2,6-7,12,14-15H2,1H3,(H,27,31)/t16-/m1/s1. The number of benzene rings is 2. The Morgan fingerprint density at radius 2 is 2.00 bits per heavy atom. The van der Waals surface area contributed by atoms with Gasteiger partial charge in [0.1, 0.15) is 5.82 Å². The van der Waals surface area contributed by atoms with Crippen molar-refractivity contribution >= 4 is 22.6 Å². The first kappa shape index (κ1) is 21.4. The zero-order valence-corrected chi connectivity index (χ0v) is 17.3. The summed E-state index contributed by atoms with van der Waals surface area (Å²) in [6.07, 6.45) is -2.87. The van der Waals surface area contributed by atoms with Gasteiger partial charge in [-0.2, -0.15) is 13.2 Å². The van der Waals surface area contributed by atoms with Gasteiger partial charge in [0, 0.05) is 18.8 Å². The molecule has 1 aliphatic rings. The number of hydrogen-bond donors (Lipinski definition) is 1. The van der Waals surface area contributed by atoms with Crippen molar-refractivity contribution < 1.29 is 18.0 Å². The first-order valence-corrected chi connectivity index (χ1v) is 10.5. The Morgan fingerprint density at radius 1 is 1.19 bits per heavy atom. The SMILES string of the molecule is CCn1c(CN2CCC[C@@H](C(=O)Nc3cccc(C(F)(F)F)c3)C2)nc2ccccc21. The number of imidazole rings is 1. The van der Waals surface area contributed by atoms with E-state index in [-0.39, 0.29) is 17.5 Å². The van der Waals surface area contributed by atoms with E-state index < -0.39 is 11.7 Å². The van der Waals surface area contributed by atoms with Crippen LogP contribution in [0.5, 0.6) is 0 Å². The maximum atomic E-state index is 12.9. The lowest BCUT2D eigenvalue weighted by molar-refractivity contribution is -0.137. The van der Waals surface area contributed by atoms with Crippen molar-refractivity contribution in [3.05, 3.63) is 59.9 Å². The third-order valence-corrected chi connectivity index (χ3v) is 5.75. The van der Waals surface area contributed by atoms with Gasteiger partial charge < -0.3 is 9.88 Å². The van der Waals surface area contributed by atoms with Crippen molar-refractivity contribution in [2.45, 2.75) is 39.0 Å². The lowest BCUT2D eigenvalue weighted by Gasteiger charge is -2.31. The number of carbonyl (C=O) groups is 1.